The van der Waals surface area contributed by atoms with Crippen LogP contribution in [0.4, 0.5) is 17.1 Å². The zero-order valence-corrected chi connectivity index (χ0v) is 11.6. The Hall–Kier alpha value is -2.41. The van der Waals surface area contributed by atoms with Crippen LogP contribution in [0.1, 0.15) is 10.4 Å². The van der Waals surface area contributed by atoms with E-state index in [2.05, 4.69) is 21.2 Å². The molecule has 0 bridgehead atoms. The highest BCUT2D eigenvalue weighted by Gasteiger charge is 2.14. The van der Waals surface area contributed by atoms with E-state index in [-0.39, 0.29) is 11.3 Å². The van der Waals surface area contributed by atoms with Gasteiger partial charge in [-0.3, -0.25) is 10.1 Å². The number of halogens is 1. The maximum absolute atomic E-state index is 11.0. The Balaban J connectivity index is 2.37. The first-order valence-corrected chi connectivity index (χ1v) is 6.31. The molecule has 2 aromatic rings. The summed E-state index contributed by atoms with van der Waals surface area (Å²) in [7, 11) is 0. The van der Waals surface area contributed by atoms with Crippen LogP contribution in [0.25, 0.3) is 0 Å². The van der Waals surface area contributed by atoms with Gasteiger partial charge in [-0.25, -0.2) is 4.79 Å². The fraction of sp³-hybridized carbons (Fsp3) is 0. The molecule has 0 aliphatic rings. The lowest BCUT2D eigenvalue weighted by Crippen LogP contribution is -2.00. The van der Waals surface area contributed by atoms with Crippen LogP contribution in [-0.4, -0.2) is 16.0 Å². The molecule has 2 N–H and O–H groups in total. The van der Waals surface area contributed by atoms with Gasteiger partial charge in [-0.2, -0.15) is 0 Å². The summed E-state index contributed by atoms with van der Waals surface area (Å²) in [6.07, 6.45) is 0. The zero-order valence-electron chi connectivity index (χ0n) is 10.0. The normalized spacial score (nSPS) is 10.1. The first-order valence-electron chi connectivity index (χ1n) is 5.51. The van der Waals surface area contributed by atoms with Crippen LogP contribution in [0.3, 0.4) is 0 Å². The zero-order chi connectivity index (χ0) is 14.7. The summed E-state index contributed by atoms with van der Waals surface area (Å²) in [4.78, 5) is 21.4. The van der Waals surface area contributed by atoms with E-state index in [0.29, 0.717) is 15.8 Å². The molecule has 0 heterocycles. The Kier molecular flexibility index (Phi) is 3.99. The number of hydrogen-bond acceptors (Lipinski definition) is 4. The van der Waals surface area contributed by atoms with Crippen molar-refractivity contribution in [3.8, 4) is 0 Å². The monoisotopic (exact) mass is 336 g/mol. The molecule has 0 aliphatic carbocycles. The molecule has 2 aromatic carbocycles. The van der Waals surface area contributed by atoms with E-state index in [4.69, 9.17) is 5.11 Å². The SMILES string of the molecule is O=C(O)c1cccc(Nc2ccc(Br)cc2[N+](=O)[O-])c1. The summed E-state index contributed by atoms with van der Waals surface area (Å²) >= 11 is 3.17. The second-order valence-corrected chi connectivity index (χ2v) is 4.85. The van der Waals surface area contributed by atoms with Crippen molar-refractivity contribution < 1.29 is 14.8 Å². The summed E-state index contributed by atoms with van der Waals surface area (Å²) in [5.41, 5.74) is 0.769. The third-order valence-corrected chi connectivity index (χ3v) is 3.04. The van der Waals surface area contributed by atoms with E-state index < -0.39 is 10.9 Å². The summed E-state index contributed by atoms with van der Waals surface area (Å²) in [6, 6.07) is 10.7. The minimum Gasteiger partial charge on any atom is -0.478 e. The van der Waals surface area contributed by atoms with Crippen LogP contribution in [-0.2, 0) is 0 Å². The number of nitrogens with zero attached hydrogens (tertiary/aromatic N) is 1. The van der Waals surface area contributed by atoms with Gasteiger partial charge in [-0.05, 0) is 30.3 Å². The lowest BCUT2D eigenvalue weighted by atomic mass is 10.2. The molecule has 0 saturated carbocycles. The Bertz CT molecular complexity index is 688. The standard InChI is InChI=1S/C13H9BrN2O4/c14-9-4-5-11(12(7-9)16(19)20)15-10-3-1-2-8(6-10)13(17)18/h1-7,15H,(H,17,18). The molecule has 0 unspecified atom stereocenters. The Morgan fingerprint density at radius 3 is 2.65 bits per heavy atom. The molecule has 0 radical (unpaired) electrons. The topological polar surface area (TPSA) is 92.5 Å². The predicted octanol–water partition coefficient (Wildman–Crippen LogP) is 3.80. The molecule has 20 heavy (non-hydrogen) atoms. The molecule has 0 spiro atoms. The van der Waals surface area contributed by atoms with Crippen molar-refractivity contribution in [3.05, 3.63) is 62.6 Å². The van der Waals surface area contributed by atoms with Gasteiger partial charge in [0.15, 0.2) is 0 Å². The average Bonchev–Trinajstić information content (AvgIpc) is 2.41. The molecule has 2 rings (SSSR count). The maximum Gasteiger partial charge on any atom is 0.335 e. The predicted molar refractivity (Wildman–Crippen MR) is 77.5 cm³/mol. The number of carboxylic acids is 1. The van der Waals surface area contributed by atoms with E-state index >= 15 is 0 Å². The number of benzene rings is 2. The number of carbonyl (C=O) groups is 1. The number of hydrogen-bond donors (Lipinski definition) is 2. The molecule has 0 amide bonds. The third kappa shape index (κ3) is 3.12. The van der Waals surface area contributed by atoms with Crippen LogP contribution < -0.4 is 5.32 Å². The minimum atomic E-state index is -1.06. The summed E-state index contributed by atoms with van der Waals surface area (Å²) < 4.78 is 0.592. The van der Waals surface area contributed by atoms with Crippen LogP contribution >= 0.6 is 15.9 Å². The quantitative estimate of drug-likeness (QED) is 0.654. The average molecular weight is 337 g/mol. The number of nitrogens with one attached hydrogen (secondary N) is 1. The van der Waals surface area contributed by atoms with Gasteiger partial charge in [0.05, 0.1) is 10.5 Å². The Morgan fingerprint density at radius 2 is 2.00 bits per heavy atom. The van der Waals surface area contributed by atoms with E-state index in [1.807, 2.05) is 0 Å². The van der Waals surface area contributed by atoms with Crippen LogP contribution in [0.15, 0.2) is 46.9 Å². The van der Waals surface area contributed by atoms with Crippen LogP contribution in [0.2, 0.25) is 0 Å². The van der Waals surface area contributed by atoms with Crippen molar-refractivity contribution in [2.24, 2.45) is 0 Å². The molecule has 0 atom stereocenters. The highest BCUT2D eigenvalue weighted by molar-refractivity contribution is 9.10. The summed E-state index contributed by atoms with van der Waals surface area (Å²) in [5, 5.41) is 22.8. The smallest absolute Gasteiger partial charge is 0.335 e. The molecule has 0 aromatic heterocycles. The van der Waals surface area contributed by atoms with Gasteiger partial charge < -0.3 is 10.4 Å². The molecule has 0 fully saturated rings. The number of aromatic carboxylic acids is 1. The number of nitro groups is 1. The fourth-order valence-corrected chi connectivity index (χ4v) is 2.00. The van der Waals surface area contributed by atoms with Gasteiger partial charge >= 0.3 is 5.97 Å². The van der Waals surface area contributed by atoms with Crippen molar-refractivity contribution in [1.82, 2.24) is 0 Å². The molecule has 102 valence electrons. The van der Waals surface area contributed by atoms with Crippen molar-refractivity contribution in [1.29, 1.82) is 0 Å². The molecule has 6 nitrogen and oxygen atoms in total. The largest absolute Gasteiger partial charge is 0.478 e. The number of anilines is 2. The van der Waals surface area contributed by atoms with E-state index in [1.165, 1.54) is 18.2 Å². The molecule has 0 saturated heterocycles. The Morgan fingerprint density at radius 1 is 1.25 bits per heavy atom. The highest BCUT2D eigenvalue weighted by atomic mass is 79.9. The second kappa shape index (κ2) is 5.70. The first kappa shape index (κ1) is 14.0. The molecule has 7 heteroatoms. The van der Waals surface area contributed by atoms with Crippen molar-refractivity contribution in [3.63, 3.8) is 0 Å². The number of nitro benzene ring substituents is 1. The van der Waals surface area contributed by atoms with E-state index in [9.17, 15) is 14.9 Å². The molecular weight excluding hydrogens is 328 g/mol. The van der Waals surface area contributed by atoms with Gasteiger partial charge in [0.1, 0.15) is 5.69 Å². The first-order chi connectivity index (χ1) is 9.47. The van der Waals surface area contributed by atoms with Gasteiger partial charge in [0, 0.05) is 16.2 Å². The molecular formula is C13H9BrN2O4. The lowest BCUT2D eigenvalue weighted by molar-refractivity contribution is -0.384. The van der Waals surface area contributed by atoms with E-state index in [0.717, 1.165) is 0 Å². The van der Waals surface area contributed by atoms with E-state index in [1.54, 1.807) is 24.3 Å². The van der Waals surface area contributed by atoms with Gasteiger partial charge in [0.2, 0.25) is 0 Å². The second-order valence-electron chi connectivity index (χ2n) is 3.93. The number of rotatable bonds is 4. The van der Waals surface area contributed by atoms with Crippen LogP contribution in [0.5, 0.6) is 0 Å². The van der Waals surface area contributed by atoms with Crippen molar-refractivity contribution in [2.45, 2.75) is 0 Å². The maximum atomic E-state index is 11.0. The van der Waals surface area contributed by atoms with Crippen LogP contribution in [0, 0.1) is 10.1 Å². The van der Waals surface area contributed by atoms with Crippen molar-refractivity contribution in [2.75, 3.05) is 5.32 Å². The van der Waals surface area contributed by atoms with Gasteiger partial charge in [0.25, 0.3) is 5.69 Å². The van der Waals surface area contributed by atoms with Gasteiger partial charge in [-0.1, -0.05) is 22.0 Å². The minimum absolute atomic E-state index is 0.0971. The van der Waals surface area contributed by atoms with Gasteiger partial charge in [-0.15, -0.1) is 0 Å². The van der Waals surface area contributed by atoms with Crippen molar-refractivity contribution >= 4 is 39.0 Å². The molecule has 0 aliphatic heterocycles. The lowest BCUT2D eigenvalue weighted by Gasteiger charge is -2.08. The Labute approximate surface area is 122 Å². The summed E-state index contributed by atoms with van der Waals surface area (Å²) in [6.45, 7) is 0. The number of carboxylic acid groups (broad SMARTS) is 1. The third-order valence-electron chi connectivity index (χ3n) is 2.55. The fourth-order valence-electron chi connectivity index (χ4n) is 1.65. The summed E-state index contributed by atoms with van der Waals surface area (Å²) in [5.74, 6) is -1.06. The highest BCUT2D eigenvalue weighted by Crippen LogP contribution is 2.30.